The summed E-state index contributed by atoms with van der Waals surface area (Å²) in [7, 11) is 1.28. The van der Waals surface area contributed by atoms with E-state index in [1.807, 2.05) is 16.8 Å². The van der Waals surface area contributed by atoms with Gasteiger partial charge >= 0.3 is 12.1 Å². The zero-order chi connectivity index (χ0) is 16.6. The molecule has 0 saturated heterocycles. The van der Waals surface area contributed by atoms with Gasteiger partial charge in [-0.3, -0.25) is 0 Å². The van der Waals surface area contributed by atoms with E-state index in [4.69, 9.17) is 9.47 Å². The van der Waals surface area contributed by atoms with E-state index < -0.39 is 23.7 Å². The largest absolute Gasteiger partial charge is 0.467 e. The van der Waals surface area contributed by atoms with E-state index in [0.717, 1.165) is 5.56 Å². The Morgan fingerprint density at radius 3 is 2.64 bits per heavy atom. The normalized spacial score (nSPS) is 12.5. The Labute approximate surface area is 134 Å². The first-order valence-electron chi connectivity index (χ1n) is 6.98. The molecule has 7 heteroatoms. The van der Waals surface area contributed by atoms with Gasteiger partial charge in [0.05, 0.1) is 13.7 Å². The van der Waals surface area contributed by atoms with Crippen LogP contribution in [0.25, 0.3) is 0 Å². The summed E-state index contributed by atoms with van der Waals surface area (Å²) in [5, 5.41) is 6.47. The summed E-state index contributed by atoms with van der Waals surface area (Å²) in [6.07, 6.45) is -0.337. The molecule has 6 nitrogen and oxygen atoms in total. The molecule has 0 fully saturated rings. The lowest BCUT2D eigenvalue weighted by molar-refractivity contribution is -0.143. The lowest BCUT2D eigenvalue weighted by Gasteiger charge is -2.22. The highest BCUT2D eigenvalue weighted by molar-refractivity contribution is 7.07. The van der Waals surface area contributed by atoms with Crippen molar-refractivity contribution in [3.05, 3.63) is 22.4 Å². The van der Waals surface area contributed by atoms with Crippen LogP contribution in [0.3, 0.4) is 0 Å². The first-order valence-corrected chi connectivity index (χ1v) is 7.92. The first kappa shape index (κ1) is 18.4. The second kappa shape index (κ2) is 8.75. The van der Waals surface area contributed by atoms with Gasteiger partial charge in [-0.25, -0.2) is 9.59 Å². The van der Waals surface area contributed by atoms with E-state index in [1.54, 1.807) is 32.1 Å². The molecule has 0 aliphatic carbocycles. The molecule has 0 aliphatic rings. The Balaban J connectivity index is 2.40. The third kappa shape index (κ3) is 7.42. The lowest BCUT2D eigenvalue weighted by Crippen LogP contribution is -2.44. The van der Waals surface area contributed by atoms with Gasteiger partial charge in [-0.1, -0.05) is 0 Å². The molecular formula is C15H23NO5S. The Morgan fingerprint density at radius 2 is 2.09 bits per heavy atom. The number of methoxy groups -OCH3 is 1. The molecule has 1 amide bonds. The van der Waals surface area contributed by atoms with E-state index in [2.05, 4.69) is 10.1 Å². The van der Waals surface area contributed by atoms with Gasteiger partial charge in [0.2, 0.25) is 0 Å². The summed E-state index contributed by atoms with van der Waals surface area (Å²) in [6.45, 7) is 6.06. The van der Waals surface area contributed by atoms with Gasteiger partial charge in [-0.15, -0.1) is 0 Å². The van der Waals surface area contributed by atoms with E-state index in [-0.39, 0.29) is 0 Å². The zero-order valence-electron chi connectivity index (χ0n) is 13.4. The highest BCUT2D eigenvalue weighted by atomic mass is 32.1. The van der Waals surface area contributed by atoms with Crippen molar-refractivity contribution in [3.63, 3.8) is 0 Å². The Kier molecular flexibility index (Phi) is 7.34. The lowest BCUT2D eigenvalue weighted by atomic mass is 10.2. The number of amides is 1. The molecule has 22 heavy (non-hydrogen) atoms. The summed E-state index contributed by atoms with van der Waals surface area (Å²) in [4.78, 5) is 23.4. The number of alkyl carbamates (subject to hydrolysis) is 1. The highest BCUT2D eigenvalue weighted by Gasteiger charge is 2.24. The second-order valence-corrected chi connectivity index (χ2v) is 6.47. The number of thiophene rings is 1. The maximum absolute atomic E-state index is 11.7. The van der Waals surface area contributed by atoms with E-state index in [1.165, 1.54) is 7.11 Å². The van der Waals surface area contributed by atoms with Crippen LogP contribution in [0.1, 0.15) is 32.8 Å². The number of carbonyl (C=O) groups excluding carboxylic acids is 2. The molecule has 0 aromatic carbocycles. The van der Waals surface area contributed by atoms with Crippen LogP contribution >= 0.6 is 11.3 Å². The fourth-order valence-corrected chi connectivity index (χ4v) is 2.26. The molecule has 0 spiro atoms. The molecule has 1 aromatic heterocycles. The number of rotatable bonds is 7. The molecule has 0 saturated carbocycles. The van der Waals surface area contributed by atoms with Crippen molar-refractivity contribution in [2.75, 3.05) is 13.7 Å². The SMILES string of the molecule is COC(=O)C(CCOCc1ccsc1)NC(=O)OC(C)(C)C. The summed E-state index contributed by atoms with van der Waals surface area (Å²) < 4.78 is 15.3. The maximum atomic E-state index is 11.7. The Bertz CT molecular complexity index is 467. The first-order chi connectivity index (χ1) is 10.3. The summed E-state index contributed by atoms with van der Waals surface area (Å²) in [6, 6.07) is 1.18. The molecular weight excluding hydrogens is 306 g/mol. The smallest absolute Gasteiger partial charge is 0.408 e. The zero-order valence-corrected chi connectivity index (χ0v) is 14.2. The minimum absolute atomic E-state index is 0.316. The van der Waals surface area contributed by atoms with Crippen molar-refractivity contribution in [1.29, 1.82) is 0 Å². The van der Waals surface area contributed by atoms with Crippen LogP contribution < -0.4 is 5.32 Å². The number of carbonyl (C=O) groups is 2. The van der Waals surface area contributed by atoms with Crippen molar-refractivity contribution in [3.8, 4) is 0 Å². The van der Waals surface area contributed by atoms with Crippen molar-refractivity contribution >= 4 is 23.4 Å². The fraction of sp³-hybridized carbons (Fsp3) is 0.600. The minimum atomic E-state index is -0.790. The van der Waals surface area contributed by atoms with Gasteiger partial charge < -0.3 is 19.5 Å². The van der Waals surface area contributed by atoms with Crippen LogP contribution in [0.5, 0.6) is 0 Å². The van der Waals surface area contributed by atoms with Gasteiger partial charge in [0.1, 0.15) is 11.6 Å². The fourth-order valence-electron chi connectivity index (χ4n) is 1.61. The standard InChI is InChI=1S/C15H23NO5S/c1-15(2,3)21-14(18)16-12(13(17)19-4)5-7-20-9-11-6-8-22-10-11/h6,8,10,12H,5,7,9H2,1-4H3,(H,16,18). The molecule has 1 N–H and O–H groups in total. The van der Waals surface area contributed by atoms with Crippen molar-refractivity contribution in [2.45, 2.75) is 45.4 Å². The molecule has 1 unspecified atom stereocenters. The molecule has 0 bridgehead atoms. The van der Waals surface area contributed by atoms with E-state index in [9.17, 15) is 9.59 Å². The molecule has 1 heterocycles. The topological polar surface area (TPSA) is 73.9 Å². The molecule has 1 atom stereocenters. The molecule has 124 valence electrons. The van der Waals surface area contributed by atoms with Crippen LogP contribution in [0, 0.1) is 0 Å². The summed E-state index contributed by atoms with van der Waals surface area (Å²) in [5.41, 5.74) is 0.458. The number of hydrogen-bond acceptors (Lipinski definition) is 6. The van der Waals surface area contributed by atoms with Crippen molar-refractivity contribution in [1.82, 2.24) is 5.32 Å². The van der Waals surface area contributed by atoms with E-state index >= 15 is 0 Å². The molecule has 0 radical (unpaired) electrons. The van der Waals surface area contributed by atoms with Crippen LogP contribution in [0.15, 0.2) is 16.8 Å². The van der Waals surface area contributed by atoms with Gasteiger partial charge in [0, 0.05) is 13.0 Å². The van der Waals surface area contributed by atoms with E-state index in [0.29, 0.717) is 19.6 Å². The van der Waals surface area contributed by atoms with Crippen LogP contribution in [0.4, 0.5) is 4.79 Å². The highest BCUT2D eigenvalue weighted by Crippen LogP contribution is 2.09. The summed E-state index contributed by atoms with van der Waals surface area (Å²) in [5.74, 6) is -0.523. The van der Waals surface area contributed by atoms with Crippen molar-refractivity contribution < 1.29 is 23.8 Å². The second-order valence-electron chi connectivity index (χ2n) is 5.69. The quantitative estimate of drug-likeness (QED) is 0.615. The Morgan fingerprint density at radius 1 is 1.36 bits per heavy atom. The number of nitrogens with one attached hydrogen (secondary N) is 1. The number of esters is 1. The predicted molar refractivity (Wildman–Crippen MR) is 83.8 cm³/mol. The molecule has 1 aromatic rings. The third-order valence-corrected chi connectivity index (χ3v) is 3.31. The number of ether oxygens (including phenoxy) is 3. The molecule has 0 aliphatic heterocycles. The van der Waals surface area contributed by atoms with Crippen LogP contribution in [-0.2, 0) is 25.6 Å². The monoisotopic (exact) mass is 329 g/mol. The average Bonchev–Trinajstić information content (AvgIpc) is 2.92. The molecule has 1 rings (SSSR count). The average molecular weight is 329 g/mol. The van der Waals surface area contributed by atoms with Gasteiger partial charge in [-0.2, -0.15) is 11.3 Å². The van der Waals surface area contributed by atoms with Gasteiger partial charge in [0.25, 0.3) is 0 Å². The van der Waals surface area contributed by atoms with Crippen LogP contribution in [0.2, 0.25) is 0 Å². The number of hydrogen-bond donors (Lipinski definition) is 1. The van der Waals surface area contributed by atoms with Crippen LogP contribution in [-0.4, -0.2) is 37.4 Å². The third-order valence-electron chi connectivity index (χ3n) is 2.58. The van der Waals surface area contributed by atoms with Crippen molar-refractivity contribution in [2.24, 2.45) is 0 Å². The summed E-state index contributed by atoms with van der Waals surface area (Å²) >= 11 is 1.60. The minimum Gasteiger partial charge on any atom is -0.467 e. The van der Waals surface area contributed by atoms with Gasteiger partial charge in [-0.05, 0) is 43.2 Å². The predicted octanol–water partition coefficient (Wildman–Crippen LogP) is 2.72. The Hall–Kier alpha value is -1.60. The van der Waals surface area contributed by atoms with Gasteiger partial charge in [0.15, 0.2) is 0 Å². The maximum Gasteiger partial charge on any atom is 0.408 e.